The number of hydrogen-bond acceptors (Lipinski definition) is 4. The van der Waals surface area contributed by atoms with Gasteiger partial charge in [-0.15, -0.1) is 17.7 Å². The molecule has 1 aliphatic rings. The van der Waals surface area contributed by atoms with Crippen LogP contribution in [0.2, 0.25) is 0 Å². The minimum atomic E-state index is -4.17. The van der Waals surface area contributed by atoms with Gasteiger partial charge in [0.2, 0.25) is 0 Å². The van der Waals surface area contributed by atoms with E-state index >= 15 is 0 Å². The summed E-state index contributed by atoms with van der Waals surface area (Å²) in [6.07, 6.45) is 2.77. The van der Waals surface area contributed by atoms with E-state index in [9.17, 15) is 23.1 Å². The van der Waals surface area contributed by atoms with Crippen molar-refractivity contribution in [1.29, 1.82) is 0 Å². The maximum atomic E-state index is 12.7. The van der Waals surface area contributed by atoms with Crippen LogP contribution in [-0.2, 0) is 31.3 Å². The predicted molar refractivity (Wildman–Crippen MR) is 174 cm³/mol. The number of aryl methyl sites for hydroxylation is 1. The zero-order valence-corrected chi connectivity index (χ0v) is 28.9. The quantitative estimate of drug-likeness (QED) is 0.101. The first-order valence-corrected chi connectivity index (χ1v) is 15.7. The molecule has 4 nitrogen and oxygen atoms in total. The summed E-state index contributed by atoms with van der Waals surface area (Å²) in [7, 11) is 0. The van der Waals surface area contributed by atoms with Crippen molar-refractivity contribution in [1.82, 2.24) is 4.98 Å². The third-order valence-corrected chi connectivity index (χ3v) is 8.44. The first-order chi connectivity index (χ1) is 21.4. The fourth-order valence-electron chi connectivity index (χ4n) is 5.76. The Kier molecular flexibility index (Phi) is 11.5. The third-order valence-electron chi connectivity index (χ3n) is 8.44. The molecule has 8 heteroatoms. The van der Waals surface area contributed by atoms with Crippen molar-refractivity contribution < 1.29 is 47.6 Å². The number of nitrogens with zero attached hydrogens (tertiary/aromatic N) is 1. The second-order valence-electron chi connectivity index (χ2n) is 12.5. The predicted octanol–water partition coefficient (Wildman–Crippen LogP) is 11.1. The third kappa shape index (κ3) is 8.26. The number of hydrogen-bond donors (Lipinski definition) is 1. The number of aliphatic hydroxyl groups is 1. The average Bonchev–Trinajstić information content (AvgIpc) is 3.68. The number of carbonyl (C=O) groups excluding carboxylic acids is 1. The van der Waals surface area contributed by atoms with E-state index < -0.39 is 12.6 Å². The maximum absolute atomic E-state index is 12.7. The summed E-state index contributed by atoms with van der Waals surface area (Å²) in [6.45, 7) is 7.32. The number of furan rings is 1. The van der Waals surface area contributed by atoms with Crippen LogP contribution in [0.5, 0.6) is 0 Å². The van der Waals surface area contributed by atoms with E-state index in [-0.39, 0.29) is 49.9 Å². The van der Waals surface area contributed by atoms with Crippen molar-refractivity contribution in [2.75, 3.05) is 0 Å². The van der Waals surface area contributed by atoms with E-state index in [0.29, 0.717) is 11.5 Å². The maximum Gasteiger partial charge on any atom is 0.389 e. The van der Waals surface area contributed by atoms with Gasteiger partial charge in [0.1, 0.15) is 5.58 Å². The summed E-state index contributed by atoms with van der Waals surface area (Å²) in [5.41, 5.74) is 5.01. The molecule has 6 rings (SSSR count). The smallest absolute Gasteiger partial charge is 0.389 e. The van der Waals surface area contributed by atoms with Crippen molar-refractivity contribution in [2.45, 2.75) is 78.3 Å². The number of aliphatic hydroxyl groups excluding tert-OH is 1. The number of halogens is 3. The number of aromatic nitrogens is 1. The summed E-state index contributed by atoms with van der Waals surface area (Å²) in [6, 6.07) is 21.2. The molecule has 0 spiro atoms. The van der Waals surface area contributed by atoms with Gasteiger partial charge in [0.15, 0.2) is 5.78 Å². The number of benzene rings is 3. The Morgan fingerprint density at radius 1 is 1.00 bits per heavy atom. The summed E-state index contributed by atoms with van der Waals surface area (Å²) in [5.74, 6) is 0.634. The largest absolute Gasteiger partial charge is 0.512 e. The molecule has 1 radical (unpaired) electrons. The van der Waals surface area contributed by atoms with Gasteiger partial charge in [0.05, 0.1) is 11.3 Å². The van der Waals surface area contributed by atoms with Crippen molar-refractivity contribution in [2.24, 2.45) is 11.8 Å². The Hall–Kier alpha value is -3.48. The SMILES string of the molecule is CC(C)C(=O)/C=C(\O)C(C)C.FC(F)(F)CCc1ccc2c(-c3[c-]c(C4CCCC4)cc4c3oc3ccccc34)nccc2c1.[Ir]. The fourth-order valence-corrected chi connectivity index (χ4v) is 5.76. The van der Waals surface area contributed by atoms with Crippen LogP contribution in [0.1, 0.15) is 76.8 Å². The van der Waals surface area contributed by atoms with Gasteiger partial charge in [0, 0.05) is 56.0 Å². The fraction of sp³-hybridized carbons (Fsp3) is 0.368. The van der Waals surface area contributed by atoms with E-state index in [1.165, 1.54) is 24.5 Å². The van der Waals surface area contributed by atoms with Crippen LogP contribution in [0.25, 0.3) is 44.0 Å². The number of ketones is 1. The molecular weight excluding hydrogens is 768 g/mol. The van der Waals surface area contributed by atoms with Gasteiger partial charge in [-0.1, -0.05) is 87.9 Å². The summed E-state index contributed by atoms with van der Waals surface area (Å²) < 4.78 is 44.5. The number of fused-ring (bicyclic) bond motifs is 4. The number of allylic oxidation sites excluding steroid dienone is 2. The number of pyridine rings is 1. The molecular formula is C38H39F3IrNO3-. The number of para-hydroxylation sites is 1. The van der Waals surface area contributed by atoms with Crippen molar-refractivity contribution >= 4 is 38.5 Å². The molecule has 1 fully saturated rings. The van der Waals surface area contributed by atoms with Crippen LogP contribution in [-0.4, -0.2) is 22.1 Å². The molecule has 245 valence electrons. The van der Waals surface area contributed by atoms with Crippen molar-refractivity contribution in [3.05, 3.63) is 89.8 Å². The first-order valence-electron chi connectivity index (χ1n) is 15.7. The van der Waals surface area contributed by atoms with Gasteiger partial charge in [0.25, 0.3) is 0 Å². The number of carbonyl (C=O) groups is 1. The molecule has 46 heavy (non-hydrogen) atoms. The van der Waals surface area contributed by atoms with E-state index in [4.69, 9.17) is 9.40 Å². The molecule has 5 aromatic rings. The molecule has 0 atom stereocenters. The standard InChI is InChI=1S/C29H23F3NO.C9H16O2.Ir/c30-29(31,32)13-11-18-9-10-22-20(15-18)12-14-33-27(22)25-17-21(19-5-1-2-6-19)16-24-23-7-3-4-8-26(23)34-28(24)25;1-6(2)8(10)5-9(11)7(3)4;/h3-4,7-10,12,14-16,19H,1-2,5-6,11,13H2;5-7,10H,1-4H3;/q-1;;/b;8-5-;. The van der Waals surface area contributed by atoms with E-state index in [1.807, 2.05) is 64.1 Å². The average molecular weight is 807 g/mol. The Bertz CT molecular complexity index is 1850. The first kappa shape index (κ1) is 35.4. The van der Waals surface area contributed by atoms with E-state index in [1.54, 1.807) is 12.3 Å². The van der Waals surface area contributed by atoms with E-state index in [2.05, 4.69) is 18.2 Å². The Balaban J connectivity index is 0.000000346. The Morgan fingerprint density at radius 3 is 2.39 bits per heavy atom. The van der Waals surface area contributed by atoms with Gasteiger partial charge >= 0.3 is 6.18 Å². The van der Waals surface area contributed by atoms with Gasteiger partial charge in [-0.05, 0) is 59.3 Å². The summed E-state index contributed by atoms with van der Waals surface area (Å²) in [5, 5.41) is 13.1. The molecule has 3 aromatic carbocycles. The molecule has 0 unspecified atom stereocenters. The van der Waals surface area contributed by atoms with Gasteiger partial charge in [-0.2, -0.15) is 13.2 Å². The van der Waals surface area contributed by atoms with Crippen LogP contribution < -0.4 is 0 Å². The van der Waals surface area contributed by atoms with Gasteiger partial charge in [-0.3, -0.25) is 4.79 Å². The van der Waals surface area contributed by atoms with Crippen molar-refractivity contribution in [3.63, 3.8) is 0 Å². The molecule has 2 heterocycles. The van der Waals surface area contributed by atoms with Crippen LogP contribution >= 0.6 is 0 Å². The molecule has 1 N–H and O–H groups in total. The van der Waals surface area contributed by atoms with Crippen molar-refractivity contribution in [3.8, 4) is 11.3 Å². The zero-order valence-electron chi connectivity index (χ0n) is 26.5. The monoisotopic (exact) mass is 807 g/mol. The molecule has 2 aromatic heterocycles. The van der Waals surface area contributed by atoms with Gasteiger partial charge < -0.3 is 14.5 Å². The van der Waals surface area contributed by atoms with Crippen LogP contribution in [0.4, 0.5) is 13.2 Å². The number of rotatable bonds is 7. The van der Waals surface area contributed by atoms with Crippen LogP contribution in [0, 0.1) is 17.9 Å². The summed E-state index contributed by atoms with van der Waals surface area (Å²) >= 11 is 0. The molecule has 0 bridgehead atoms. The topological polar surface area (TPSA) is 63.3 Å². The van der Waals surface area contributed by atoms with E-state index in [0.717, 1.165) is 56.8 Å². The minimum Gasteiger partial charge on any atom is -0.512 e. The molecule has 1 aliphatic carbocycles. The summed E-state index contributed by atoms with van der Waals surface area (Å²) in [4.78, 5) is 15.7. The zero-order chi connectivity index (χ0) is 32.3. The Labute approximate surface area is 281 Å². The Morgan fingerprint density at radius 2 is 1.72 bits per heavy atom. The number of alkyl halides is 3. The van der Waals surface area contributed by atoms with Gasteiger partial charge in [-0.25, -0.2) is 0 Å². The minimum absolute atomic E-state index is 0. The van der Waals surface area contributed by atoms with Crippen LogP contribution in [0.15, 0.2) is 77.0 Å². The second kappa shape index (κ2) is 15.0. The molecule has 1 saturated carbocycles. The van der Waals surface area contributed by atoms with Crippen LogP contribution in [0.3, 0.4) is 0 Å². The molecule has 0 amide bonds. The normalized spacial score (nSPS) is 14.2. The second-order valence-corrected chi connectivity index (χ2v) is 12.5. The molecule has 0 aliphatic heterocycles. The molecule has 0 saturated heterocycles.